The van der Waals surface area contributed by atoms with Crippen molar-refractivity contribution in [3.05, 3.63) is 23.9 Å². The van der Waals surface area contributed by atoms with E-state index in [2.05, 4.69) is 4.98 Å². The van der Waals surface area contributed by atoms with E-state index in [4.69, 9.17) is 15.2 Å². The Morgan fingerprint density at radius 1 is 1.18 bits per heavy atom. The van der Waals surface area contributed by atoms with E-state index in [1.54, 1.807) is 0 Å². The van der Waals surface area contributed by atoms with Crippen LogP contribution in [0.2, 0.25) is 0 Å². The molecule has 0 aliphatic heterocycles. The van der Waals surface area contributed by atoms with E-state index in [9.17, 15) is 4.79 Å². The third kappa shape index (κ3) is 3.99. The lowest BCUT2D eigenvalue weighted by molar-refractivity contribution is 0.101. The molecule has 0 amide bonds. The molecule has 0 bridgehead atoms. The Labute approximate surface area is 130 Å². The third-order valence-corrected chi connectivity index (χ3v) is 3.24. The van der Waals surface area contributed by atoms with Crippen LogP contribution in [0.1, 0.15) is 17.4 Å². The van der Waals surface area contributed by atoms with Crippen LogP contribution in [0.5, 0.6) is 11.5 Å². The molecule has 0 saturated heterocycles. The lowest BCUT2D eigenvalue weighted by Gasteiger charge is -2.14. The minimum Gasteiger partial charge on any atom is -0.488 e. The number of carbonyl (C=O) groups is 1. The summed E-state index contributed by atoms with van der Waals surface area (Å²) in [4.78, 5) is 16.6. The summed E-state index contributed by atoms with van der Waals surface area (Å²) in [5.41, 5.74) is 6.92. The van der Waals surface area contributed by atoms with Gasteiger partial charge in [-0.1, -0.05) is 0 Å². The number of H-pyrrole nitrogens is 1. The molecule has 0 fully saturated rings. The van der Waals surface area contributed by atoms with Gasteiger partial charge in [-0.3, -0.25) is 4.79 Å². The van der Waals surface area contributed by atoms with Gasteiger partial charge in [0.05, 0.1) is 5.69 Å². The molecule has 0 aliphatic rings. The first kappa shape index (κ1) is 16.3. The molecule has 0 aliphatic carbocycles. The molecule has 2 rings (SSSR count). The zero-order valence-electron chi connectivity index (χ0n) is 13.3. The van der Waals surface area contributed by atoms with Gasteiger partial charge in [0.25, 0.3) is 0 Å². The van der Waals surface area contributed by atoms with Crippen molar-refractivity contribution in [2.24, 2.45) is 5.73 Å². The van der Waals surface area contributed by atoms with Crippen molar-refractivity contribution in [1.82, 2.24) is 9.88 Å². The van der Waals surface area contributed by atoms with E-state index in [1.165, 1.54) is 6.92 Å². The standard InChI is InChI=1S/C16H23N3O3/c1-11(20)13-8-12-9-15(22-7-5-19(2)3)16(21-6-4-17)10-14(12)18-13/h8-10,18H,4-7,17H2,1-3H3. The maximum atomic E-state index is 11.5. The minimum atomic E-state index is -0.00398. The molecule has 0 radical (unpaired) electrons. The van der Waals surface area contributed by atoms with Crippen LogP contribution in [0.4, 0.5) is 0 Å². The van der Waals surface area contributed by atoms with Crippen LogP contribution >= 0.6 is 0 Å². The van der Waals surface area contributed by atoms with E-state index in [1.807, 2.05) is 37.2 Å². The van der Waals surface area contributed by atoms with Crippen LogP contribution in [-0.4, -0.2) is 56.1 Å². The number of nitrogens with two attached hydrogens (primary N) is 1. The summed E-state index contributed by atoms with van der Waals surface area (Å²) in [7, 11) is 3.98. The molecule has 22 heavy (non-hydrogen) atoms. The van der Waals surface area contributed by atoms with Crippen molar-refractivity contribution in [2.45, 2.75) is 6.92 Å². The molecule has 6 nitrogen and oxygen atoms in total. The predicted octanol–water partition coefficient (Wildman–Crippen LogP) is 1.65. The first-order chi connectivity index (χ1) is 10.5. The Balaban J connectivity index is 2.30. The second kappa shape index (κ2) is 7.29. The van der Waals surface area contributed by atoms with Crippen molar-refractivity contribution in [1.29, 1.82) is 0 Å². The largest absolute Gasteiger partial charge is 0.488 e. The first-order valence-electron chi connectivity index (χ1n) is 7.29. The topological polar surface area (TPSA) is 80.6 Å². The van der Waals surface area contributed by atoms with Gasteiger partial charge < -0.3 is 25.1 Å². The lowest BCUT2D eigenvalue weighted by Crippen LogP contribution is -2.19. The second-order valence-electron chi connectivity index (χ2n) is 5.41. The van der Waals surface area contributed by atoms with E-state index in [-0.39, 0.29) is 5.78 Å². The van der Waals surface area contributed by atoms with Gasteiger partial charge in [-0.25, -0.2) is 0 Å². The number of rotatable bonds is 8. The van der Waals surface area contributed by atoms with Crippen molar-refractivity contribution in [3.8, 4) is 11.5 Å². The SMILES string of the molecule is CC(=O)c1cc2cc(OCCN(C)C)c(OCCN)cc2[nH]1. The molecule has 1 aromatic carbocycles. The number of carbonyl (C=O) groups excluding carboxylic acids is 1. The fraction of sp³-hybridized carbons (Fsp3) is 0.438. The van der Waals surface area contributed by atoms with Gasteiger partial charge in [0, 0.05) is 37.0 Å². The average Bonchev–Trinajstić information content (AvgIpc) is 2.87. The second-order valence-corrected chi connectivity index (χ2v) is 5.41. The molecule has 0 atom stereocenters. The summed E-state index contributed by atoms with van der Waals surface area (Å²) in [6, 6.07) is 5.56. The van der Waals surface area contributed by atoms with Gasteiger partial charge in [-0.15, -0.1) is 0 Å². The van der Waals surface area contributed by atoms with Crippen LogP contribution in [0, 0.1) is 0 Å². The molecule has 6 heteroatoms. The van der Waals surface area contributed by atoms with Crippen LogP contribution in [0.15, 0.2) is 18.2 Å². The number of benzene rings is 1. The molecule has 0 unspecified atom stereocenters. The fourth-order valence-electron chi connectivity index (χ4n) is 2.06. The summed E-state index contributed by atoms with van der Waals surface area (Å²) in [5.74, 6) is 1.29. The quantitative estimate of drug-likeness (QED) is 0.725. The zero-order valence-corrected chi connectivity index (χ0v) is 13.3. The highest BCUT2D eigenvalue weighted by molar-refractivity contribution is 5.98. The van der Waals surface area contributed by atoms with Gasteiger partial charge in [-0.2, -0.15) is 0 Å². The van der Waals surface area contributed by atoms with Gasteiger partial charge in [-0.05, 0) is 26.2 Å². The highest BCUT2D eigenvalue weighted by atomic mass is 16.5. The maximum absolute atomic E-state index is 11.5. The molecular formula is C16H23N3O3. The fourth-order valence-corrected chi connectivity index (χ4v) is 2.06. The molecule has 0 spiro atoms. The number of ketones is 1. The van der Waals surface area contributed by atoms with Crippen LogP contribution in [-0.2, 0) is 0 Å². The molecule has 120 valence electrons. The minimum absolute atomic E-state index is 0.00398. The third-order valence-electron chi connectivity index (χ3n) is 3.24. The smallest absolute Gasteiger partial charge is 0.175 e. The number of Topliss-reactive ketones (excluding diaryl/α,β-unsaturated/α-hetero) is 1. The summed E-state index contributed by atoms with van der Waals surface area (Å²) in [5, 5.41) is 0.921. The molecular weight excluding hydrogens is 282 g/mol. The number of hydrogen-bond donors (Lipinski definition) is 2. The van der Waals surface area contributed by atoms with Crippen LogP contribution in [0.25, 0.3) is 10.9 Å². The van der Waals surface area contributed by atoms with E-state index >= 15 is 0 Å². The normalized spacial score (nSPS) is 11.1. The van der Waals surface area contributed by atoms with Gasteiger partial charge in [0.15, 0.2) is 17.3 Å². The molecule has 0 saturated carbocycles. The first-order valence-corrected chi connectivity index (χ1v) is 7.29. The van der Waals surface area contributed by atoms with Crippen molar-refractivity contribution < 1.29 is 14.3 Å². The van der Waals surface area contributed by atoms with E-state index in [0.29, 0.717) is 37.0 Å². The monoisotopic (exact) mass is 305 g/mol. The number of hydrogen-bond acceptors (Lipinski definition) is 5. The number of nitrogens with zero attached hydrogens (tertiary/aromatic N) is 1. The number of aromatic amines is 1. The summed E-state index contributed by atoms with van der Waals surface area (Å²) < 4.78 is 11.5. The molecule has 1 aromatic heterocycles. The van der Waals surface area contributed by atoms with E-state index in [0.717, 1.165) is 17.4 Å². The summed E-state index contributed by atoms with van der Waals surface area (Å²) >= 11 is 0. The van der Waals surface area contributed by atoms with Gasteiger partial charge in [0.2, 0.25) is 0 Å². The van der Waals surface area contributed by atoms with Crippen LogP contribution in [0.3, 0.4) is 0 Å². The number of nitrogens with one attached hydrogen (secondary N) is 1. The lowest BCUT2D eigenvalue weighted by atomic mass is 10.2. The molecule has 2 aromatic rings. The molecule has 1 heterocycles. The Kier molecular flexibility index (Phi) is 5.41. The molecule has 3 N–H and O–H groups in total. The number of fused-ring (bicyclic) bond motifs is 1. The van der Waals surface area contributed by atoms with Gasteiger partial charge in [0.1, 0.15) is 13.2 Å². The summed E-state index contributed by atoms with van der Waals surface area (Å²) in [6.45, 7) is 3.74. The number of ether oxygens (including phenoxy) is 2. The summed E-state index contributed by atoms with van der Waals surface area (Å²) in [6.07, 6.45) is 0. The highest BCUT2D eigenvalue weighted by Gasteiger charge is 2.12. The van der Waals surface area contributed by atoms with Crippen molar-refractivity contribution in [2.75, 3.05) is 40.4 Å². The van der Waals surface area contributed by atoms with E-state index < -0.39 is 0 Å². The van der Waals surface area contributed by atoms with Crippen molar-refractivity contribution in [3.63, 3.8) is 0 Å². The number of aromatic nitrogens is 1. The average molecular weight is 305 g/mol. The maximum Gasteiger partial charge on any atom is 0.175 e. The predicted molar refractivity (Wildman–Crippen MR) is 86.9 cm³/mol. The Hall–Kier alpha value is -2.05. The highest BCUT2D eigenvalue weighted by Crippen LogP contribution is 2.33. The Bertz CT molecular complexity index is 649. The number of likely N-dealkylation sites (N-methyl/N-ethyl adjacent to an activating group) is 1. The van der Waals surface area contributed by atoms with Crippen molar-refractivity contribution >= 4 is 16.7 Å². The Morgan fingerprint density at radius 3 is 2.50 bits per heavy atom. The zero-order chi connectivity index (χ0) is 16.1. The van der Waals surface area contributed by atoms with Crippen LogP contribution < -0.4 is 15.2 Å². The Morgan fingerprint density at radius 2 is 1.86 bits per heavy atom. The van der Waals surface area contributed by atoms with Gasteiger partial charge >= 0.3 is 0 Å².